The normalized spacial score (nSPS) is 14.2. The molecule has 4 aliphatic rings. The van der Waals surface area contributed by atoms with E-state index in [1.165, 1.54) is 248 Å². The number of fused-ring (bicyclic) bond motifs is 4. The van der Waals surface area contributed by atoms with Crippen molar-refractivity contribution in [3.8, 4) is 50.8 Å². The first-order chi connectivity index (χ1) is 71.7. The van der Waals surface area contributed by atoms with E-state index in [-0.39, 0.29) is 10.8 Å². The Morgan fingerprint density at radius 2 is 0.687 bits per heavy atom. The van der Waals surface area contributed by atoms with E-state index in [2.05, 4.69) is 216 Å². The molecule has 9 aromatic carbocycles. The summed E-state index contributed by atoms with van der Waals surface area (Å²) in [5.41, 5.74) is 25.8. The Labute approximate surface area is 862 Å². The zero-order valence-electron chi connectivity index (χ0n) is 84.5. The third-order valence-electron chi connectivity index (χ3n) is 28.0. The van der Waals surface area contributed by atoms with Gasteiger partial charge in [-0.3, -0.25) is 9.52 Å². The second-order valence-electron chi connectivity index (χ2n) is 39.3. The fraction of sp³-hybridized carbons (Fsp3) is 0.311. The van der Waals surface area contributed by atoms with Crippen LogP contribution in [0.4, 0.5) is 11.4 Å². The summed E-state index contributed by atoms with van der Waals surface area (Å²) in [6, 6.07) is 97.6. The number of likely N-dealkylation sites (tertiary alicyclic amines) is 4. The molecular formula is C119H130N20O6S2. The highest BCUT2D eigenvalue weighted by molar-refractivity contribution is 7.92. The van der Waals surface area contributed by atoms with Gasteiger partial charge in [0.2, 0.25) is 5.91 Å². The summed E-state index contributed by atoms with van der Waals surface area (Å²) < 4.78 is 66.5. The monoisotopic (exact) mass is 2000 g/mol. The second-order valence-corrected chi connectivity index (χ2v) is 42.8. The average Bonchev–Trinajstić information content (AvgIpc) is 1.68. The summed E-state index contributed by atoms with van der Waals surface area (Å²) in [6.45, 7) is 21.2. The summed E-state index contributed by atoms with van der Waals surface area (Å²) >= 11 is 0. The SMILES string of the molecule is CC(=O)Nc1ccc(S(=O)(=O)Nc2ccc(-c3cccc4nc(Cc5ccc(CCCN6CCCC6)cc5)nn34)cc2)cc1.CS(=O)(=O)n1cc(-c2cccc3nc(Cc4ccc(CCCN5CCCC5)cc4)nn23)cn1.Cc1ccc(-c2cccc3nc(Cc4ccc(CCCN5CCCC5)cc4)nn23)cc1C.c1ccc(COc2cccc(-c3cccc4nc(Cc5ccc(CCCN6CCCC6)cc5)nn34)c2)cc1. The molecular weight excluding hydrogens is 1870 g/mol. The number of ether oxygens (including phenoxy) is 1. The largest absolute Gasteiger partial charge is 0.489 e. The average molecular weight is 2000 g/mol. The van der Waals surface area contributed by atoms with Crippen LogP contribution < -0.4 is 14.8 Å². The first kappa shape index (κ1) is 101. The van der Waals surface area contributed by atoms with Gasteiger partial charge >= 0.3 is 0 Å². The lowest BCUT2D eigenvalue weighted by molar-refractivity contribution is -0.114. The molecule has 0 aliphatic carbocycles. The molecule has 0 spiro atoms. The van der Waals surface area contributed by atoms with Crippen molar-refractivity contribution in [2.75, 3.05) is 94.8 Å². The van der Waals surface area contributed by atoms with Crippen molar-refractivity contribution < 1.29 is 26.4 Å². The number of aryl methyl sites for hydroxylation is 6. The number of nitrogens with one attached hydrogen (secondary N) is 2. The van der Waals surface area contributed by atoms with Crippen molar-refractivity contribution in [2.45, 2.75) is 161 Å². The number of carbonyl (C=O) groups excluding carboxylic acids is 1. The molecule has 18 aromatic rings. The van der Waals surface area contributed by atoms with Crippen LogP contribution in [0.1, 0.15) is 168 Å². The van der Waals surface area contributed by atoms with E-state index in [0.717, 1.165) is 134 Å². The number of hydrogen-bond donors (Lipinski definition) is 2. The van der Waals surface area contributed by atoms with Crippen molar-refractivity contribution in [3.63, 3.8) is 0 Å². The predicted molar refractivity (Wildman–Crippen MR) is 584 cm³/mol. The second kappa shape index (κ2) is 48.2. The van der Waals surface area contributed by atoms with Crippen LogP contribution in [0.25, 0.3) is 67.6 Å². The molecule has 147 heavy (non-hydrogen) atoms. The maximum atomic E-state index is 12.9. The van der Waals surface area contributed by atoms with Gasteiger partial charge in [0.1, 0.15) is 12.4 Å². The first-order valence-electron chi connectivity index (χ1n) is 51.9. The molecule has 0 unspecified atom stereocenters. The van der Waals surface area contributed by atoms with Gasteiger partial charge in [-0.25, -0.2) is 54.8 Å². The van der Waals surface area contributed by atoms with Crippen LogP contribution in [0.15, 0.2) is 308 Å². The fourth-order valence-electron chi connectivity index (χ4n) is 19.9. The molecule has 28 heteroatoms. The van der Waals surface area contributed by atoms with E-state index in [1.54, 1.807) is 28.8 Å². The van der Waals surface area contributed by atoms with Crippen molar-refractivity contribution in [1.82, 2.24) is 87.2 Å². The Morgan fingerprint density at radius 1 is 0.340 bits per heavy atom. The minimum Gasteiger partial charge on any atom is -0.489 e. The number of carbonyl (C=O) groups is 1. The molecule has 0 radical (unpaired) electrons. The summed E-state index contributed by atoms with van der Waals surface area (Å²) in [7, 11) is -7.24. The zero-order valence-corrected chi connectivity index (χ0v) is 86.2. The topological polar surface area (TPSA) is 270 Å². The van der Waals surface area contributed by atoms with Crippen LogP contribution >= 0.6 is 0 Å². The van der Waals surface area contributed by atoms with Crippen molar-refractivity contribution in [1.29, 1.82) is 0 Å². The highest BCUT2D eigenvalue weighted by Crippen LogP contribution is 2.32. The first-order valence-corrected chi connectivity index (χ1v) is 55.3. The Bertz CT molecular complexity index is 7680. The maximum Gasteiger partial charge on any atom is 0.261 e. The molecule has 9 aromatic heterocycles. The highest BCUT2D eigenvalue weighted by atomic mass is 32.2. The van der Waals surface area contributed by atoms with Crippen LogP contribution in [-0.4, -0.2) is 195 Å². The number of rotatable bonds is 36. The Balaban J connectivity index is 0.000000124. The van der Waals surface area contributed by atoms with Gasteiger partial charge in [0.25, 0.3) is 20.0 Å². The number of nitrogens with zero attached hydrogens (tertiary/aromatic N) is 18. The lowest BCUT2D eigenvalue weighted by atomic mass is 10.0. The molecule has 2 N–H and O–H groups in total. The van der Waals surface area contributed by atoms with Crippen LogP contribution in [0.5, 0.6) is 5.75 Å². The number of hydrogen-bond acceptors (Lipinski definition) is 19. The van der Waals surface area contributed by atoms with E-state index in [9.17, 15) is 21.6 Å². The lowest BCUT2D eigenvalue weighted by Crippen LogP contribution is -2.20. The van der Waals surface area contributed by atoms with Gasteiger partial charge in [0.05, 0.1) is 46.3 Å². The van der Waals surface area contributed by atoms with Gasteiger partial charge in [-0.05, 0) is 359 Å². The molecule has 0 saturated carbocycles. The van der Waals surface area contributed by atoms with Gasteiger partial charge in [-0.15, -0.1) is 0 Å². The minimum atomic E-state index is -3.80. The van der Waals surface area contributed by atoms with Crippen molar-refractivity contribution >= 4 is 59.9 Å². The van der Waals surface area contributed by atoms with Crippen molar-refractivity contribution in [2.24, 2.45) is 0 Å². The van der Waals surface area contributed by atoms with E-state index in [4.69, 9.17) is 35.0 Å². The Hall–Kier alpha value is -14.5. The van der Waals surface area contributed by atoms with Crippen molar-refractivity contribution in [3.05, 3.63) is 388 Å². The highest BCUT2D eigenvalue weighted by Gasteiger charge is 2.23. The summed E-state index contributed by atoms with van der Waals surface area (Å²) in [4.78, 5) is 40.7. The number of anilines is 2. The number of aromatic nitrogens is 14. The predicted octanol–water partition coefficient (Wildman–Crippen LogP) is 21.0. The van der Waals surface area contributed by atoms with E-state index >= 15 is 0 Å². The van der Waals surface area contributed by atoms with Gasteiger partial charge in [-0.1, -0.05) is 188 Å². The minimum absolute atomic E-state index is 0.0998. The summed E-state index contributed by atoms with van der Waals surface area (Å²) in [5, 5.41) is 25.8. The van der Waals surface area contributed by atoms with Crippen LogP contribution in [0.2, 0.25) is 0 Å². The quantitative estimate of drug-likeness (QED) is 0.0369. The van der Waals surface area contributed by atoms with E-state index in [0.29, 0.717) is 42.0 Å². The van der Waals surface area contributed by atoms with Crippen LogP contribution in [0, 0.1) is 13.8 Å². The lowest BCUT2D eigenvalue weighted by Gasteiger charge is -2.13. The standard InChI is InChI=1S/C34H36N6O3S.C33H34N4O.C28H32N4.C24H28N6O2S/c1-25(41)35-29-17-19-31(20-18-29)44(42,43)38-30-15-13-28(14-16-30)32-7-4-8-34-36-33(37-40(32)34)24-27-11-9-26(10-12-27)6-5-23-39-21-2-3-22-39;1-2-9-28(10-3-1)25-38-30-13-6-12-29(24-30)31-14-7-15-33-34-32(35-37(31)33)23-27-18-16-26(17-19-27)11-8-22-36-20-4-5-21-36;1-21-10-15-25(19-22(21)2)26-8-5-9-28-29-27(30-32(26)28)20-24-13-11-23(12-14-24)7-6-18-31-16-3-4-17-31;1-33(31,32)29-18-21(17-25-29)22-7-4-8-24-26-23(27-30(22)24)16-20-11-9-19(10-12-20)6-5-15-28-13-2-3-14-28/h4,7-20,38H,2-3,5-6,21-24H2,1H3,(H,35,41);1-3,6-7,9-10,12-19,24H,4-5,8,11,20-23,25H2;5,8-15,19H,3-4,6-7,16-18,20H2,1-2H3;4,7-12,17-18H,2-3,5-6,13-16H2,1H3. The molecule has 0 atom stereocenters. The number of pyridine rings is 4. The van der Waals surface area contributed by atoms with E-state index in [1.807, 2.05) is 111 Å². The summed E-state index contributed by atoms with van der Waals surface area (Å²) in [5.74, 6) is 3.77. The summed E-state index contributed by atoms with van der Waals surface area (Å²) in [6.07, 6.45) is 27.1. The molecule has 0 bridgehead atoms. The van der Waals surface area contributed by atoms with Gasteiger partial charge in [0, 0.05) is 66.2 Å². The van der Waals surface area contributed by atoms with Gasteiger partial charge in [0.15, 0.2) is 45.9 Å². The van der Waals surface area contributed by atoms with Gasteiger partial charge < -0.3 is 29.7 Å². The molecule has 754 valence electrons. The molecule has 4 saturated heterocycles. The van der Waals surface area contributed by atoms with Gasteiger partial charge in [-0.2, -0.15) is 29.6 Å². The van der Waals surface area contributed by atoms with Crippen LogP contribution in [-0.2, 0) is 82.8 Å². The fourth-order valence-corrected chi connectivity index (χ4v) is 21.5. The Kier molecular flexibility index (Phi) is 33.2. The third-order valence-corrected chi connectivity index (χ3v) is 30.3. The third kappa shape index (κ3) is 27.4. The smallest absolute Gasteiger partial charge is 0.261 e. The molecule has 26 nitrogen and oxygen atoms in total. The Morgan fingerprint density at radius 3 is 1.05 bits per heavy atom. The number of amides is 1. The molecule has 4 fully saturated rings. The molecule has 13 heterocycles. The zero-order chi connectivity index (χ0) is 101. The number of sulfonamides is 1. The van der Waals surface area contributed by atoms with Crippen LogP contribution in [0.3, 0.4) is 0 Å². The molecule has 22 rings (SSSR count). The molecule has 4 aliphatic heterocycles. The maximum absolute atomic E-state index is 12.9. The van der Waals surface area contributed by atoms with E-state index < -0.39 is 20.0 Å². The molecule has 1 amide bonds. The number of benzene rings is 9.